The highest BCUT2D eigenvalue weighted by Gasteiger charge is 2.38. The molecule has 3 aromatic carbocycles. The van der Waals surface area contributed by atoms with Gasteiger partial charge in [0, 0.05) is 16.9 Å². The van der Waals surface area contributed by atoms with Gasteiger partial charge < -0.3 is 10.6 Å². The van der Waals surface area contributed by atoms with Crippen molar-refractivity contribution in [3.63, 3.8) is 0 Å². The lowest BCUT2D eigenvalue weighted by molar-refractivity contribution is -0.138. The first-order valence-electron chi connectivity index (χ1n) is 10.8. The Balaban J connectivity index is 1.54. The van der Waals surface area contributed by atoms with Crippen molar-refractivity contribution >= 4 is 40.7 Å². The van der Waals surface area contributed by atoms with Gasteiger partial charge in [0.2, 0.25) is 0 Å². The second kappa shape index (κ2) is 9.53. The Bertz CT molecular complexity index is 1310. The SMILES string of the molecule is Cc1cc(C)cc(NC(=O)c2ccc(C)c(NC3=C(Cl)C(=O)N(Cc4ccccc4)C3=O)c2)c1. The molecule has 7 heteroatoms. The minimum Gasteiger partial charge on any atom is -0.349 e. The lowest BCUT2D eigenvalue weighted by Gasteiger charge is -2.16. The maximum atomic E-state index is 13.0. The summed E-state index contributed by atoms with van der Waals surface area (Å²) in [5.74, 6) is -1.35. The van der Waals surface area contributed by atoms with E-state index in [2.05, 4.69) is 10.6 Å². The molecule has 0 radical (unpaired) electrons. The van der Waals surface area contributed by atoms with E-state index in [1.807, 2.05) is 69.3 Å². The third-order valence-electron chi connectivity index (χ3n) is 5.53. The molecular formula is C27H24ClN3O3. The summed E-state index contributed by atoms with van der Waals surface area (Å²) in [6.07, 6.45) is 0. The van der Waals surface area contributed by atoms with E-state index < -0.39 is 11.8 Å². The first-order chi connectivity index (χ1) is 16.2. The number of anilines is 2. The summed E-state index contributed by atoms with van der Waals surface area (Å²) in [5.41, 5.74) is 5.33. The lowest BCUT2D eigenvalue weighted by Crippen LogP contribution is -2.31. The van der Waals surface area contributed by atoms with Crippen molar-refractivity contribution in [2.75, 3.05) is 10.6 Å². The highest BCUT2D eigenvalue weighted by Crippen LogP contribution is 2.29. The minimum absolute atomic E-state index is 0.00225. The van der Waals surface area contributed by atoms with Gasteiger partial charge in [-0.25, -0.2) is 0 Å². The molecule has 172 valence electrons. The number of halogens is 1. The van der Waals surface area contributed by atoms with Crippen LogP contribution in [0.3, 0.4) is 0 Å². The highest BCUT2D eigenvalue weighted by atomic mass is 35.5. The molecule has 4 rings (SSSR count). The Hall–Kier alpha value is -3.90. The Morgan fingerprint density at radius 2 is 1.56 bits per heavy atom. The predicted molar refractivity (Wildman–Crippen MR) is 134 cm³/mol. The van der Waals surface area contributed by atoms with Gasteiger partial charge in [0.15, 0.2) is 0 Å². The van der Waals surface area contributed by atoms with E-state index in [0.717, 1.165) is 27.2 Å². The van der Waals surface area contributed by atoms with Gasteiger partial charge in [-0.15, -0.1) is 0 Å². The largest absolute Gasteiger partial charge is 0.349 e. The number of benzene rings is 3. The number of hydrogen-bond donors (Lipinski definition) is 2. The zero-order valence-corrected chi connectivity index (χ0v) is 19.9. The van der Waals surface area contributed by atoms with Gasteiger partial charge in [-0.2, -0.15) is 0 Å². The number of carbonyl (C=O) groups is 3. The molecule has 0 bridgehead atoms. The standard InChI is InChI=1S/C27H24ClN3O3/c1-16-11-17(2)13-21(12-16)29-25(32)20-10-9-18(3)22(14-20)30-24-23(28)26(33)31(27(24)34)15-19-7-5-4-6-8-19/h4-14,30H,15H2,1-3H3,(H,29,32). The zero-order chi connectivity index (χ0) is 24.4. The summed E-state index contributed by atoms with van der Waals surface area (Å²) in [4.78, 5) is 39.6. The molecular weight excluding hydrogens is 450 g/mol. The third-order valence-corrected chi connectivity index (χ3v) is 5.88. The van der Waals surface area contributed by atoms with E-state index in [-0.39, 0.29) is 23.2 Å². The van der Waals surface area contributed by atoms with E-state index in [4.69, 9.17) is 11.6 Å². The van der Waals surface area contributed by atoms with Gasteiger partial charge in [-0.1, -0.05) is 54.1 Å². The fraction of sp³-hybridized carbons (Fsp3) is 0.148. The molecule has 0 saturated heterocycles. The first-order valence-corrected chi connectivity index (χ1v) is 11.2. The van der Waals surface area contributed by atoms with Gasteiger partial charge in [-0.3, -0.25) is 19.3 Å². The van der Waals surface area contributed by atoms with E-state index in [1.165, 1.54) is 0 Å². The van der Waals surface area contributed by atoms with Crippen LogP contribution in [0.5, 0.6) is 0 Å². The molecule has 0 fully saturated rings. The van der Waals surface area contributed by atoms with E-state index >= 15 is 0 Å². The number of imide groups is 1. The van der Waals surface area contributed by atoms with Crippen LogP contribution in [0.4, 0.5) is 11.4 Å². The normalized spacial score (nSPS) is 13.5. The fourth-order valence-corrected chi connectivity index (χ4v) is 4.08. The fourth-order valence-electron chi connectivity index (χ4n) is 3.85. The Labute approximate surface area is 203 Å². The summed E-state index contributed by atoms with van der Waals surface area (Å²) in [6.45, 7) is 5.90. The van der Waals surface area contributed by atoms with Crippen LogP contribution >= 0.6 is 11.6 Å². The molecule has 0 atom stereocenters. The second-order valence-corrected chi connectivity index (χ2v) is 8.73. The van der Waals surface area contributed by atoms with Crippen molar-refractivity contribution in [2.24, 2.45) is 0 Å². The van der Waals surface area contributed by atoms with Gasteiger partial charge in [-0.05, 0) is 67.3 Å². The smallest absolute Gasteiger partial charge is 0.279 e. The van der Waals surface area contributed by atoms with E-state index in [0.29, 0.717) is 16.9 Å². The molecule has 34 heavy (non-hydrogen) atoms. The van der Waals surface area contributed by atoms with Crippen LogP contribution in [0.25, 0.3) is 0 Å². The Morgan fingerprint density at radius 1 is 0.882 bits per heavy atom. The van der Waals surface area contributed by atoms with E-state index in [1.54, 1.807) is 18.2 Å². The molecule has 0 saturated carbocycles. The Kier molecular flexibility index (Phi) is 6.52. The molecule has 0 spiro atoms. The van der Waals surface area contributed by atoms with Gasteiger partial charge in [0.05, 0.1) is 6.54 Å². The summed E-state index contributed by atoms with van der Waals surface area (Å²) in [6, 6.07) is 20.2. The quantitative estimate of drug-likeness (QED) is 0.476. The van der Waals surface area contributed by atoms with Crippen LogP contribution in [0.1, 0.15) is 32.6 Å². The van der Waals surface area contributed by atoms with Crippen LogP contribution in [-0.4, -0.2) is 22.6 Å². The maximum absolute atomic E-state index is 13.0. The van der Waals surface area contributed by atoms with Crippen molar-refractivity contribution < 1.29 is 14.4 Å². The zero-order valence-electron chi connectivity index (χ0n) is 19.1. The molecule has 1 aliphatic rings. The van der Waals surface area contributed by atoms with Gasteiger partial charge in [0.1, 0.15) is 10.7 Å². The number of nitrogens with zero attached hydrogens (tertiary/aromatic N) is 1. The van der Waals surface area contributed by atoms with Crippen LogP contribution in [0, 0.1) is 20.8 Å². The van der Waals surface area contributed by atoms with Crippen molar-refractivity contribution in [2.45, 2.75) is 27.3 Å². The Morgan fingerprint density at radius 3 is 2.24 bits per heavy atom. The summed E-state index contributed by atoms with van der Waals surface area (Å²) in [7, 11) is 0. The maximum Gasteiger partial charge on any atom is 0.279 e. The molecule has 0 aromatic heterocycles. The van der Waals surface area contributed by atoms with Gasteiger partial charge >= 0.3 is 0 Å². The van der Waals surface area contributed by atoms with Crippen molar-refractivity contribution in [3.8, 4) is 0 Å². The monoisotopic (exact) mass is 473 g/mol. The van der Waals surface area contributed by atoms with Crippen LogP contribution in [0.15, 0.2) is 77.5 Å². The summed E-state index contributed by atoms with van der Waals surface area (Å²) in [5, 5.41) is 5.72. The number of carbonyl (C=O) groups excluding carboxylic acids is 3. The molecule has 6 nitrogen and oxygen atoms in total. The van der Waals surface area contributed by atoms with E-state index in [9.17, 15) is 14.4 Å². The minimum atomic E-state index is -0.556. The predicted octanol–water partition coefficient (Wildman–Crippen LogP) is 5.30. The number of amides is 3. The average Bonchev–Trinajstić information content (AvgIpc) is 2.98. The van der Waals surface area contributed by atoms with Crippen molar-refractivity contribution in [1.29, 1.82) is 0 Å². The molecule has 1 aliphatic heterocycles. The number of aryl methyl sites for hydroxylation is 3. The number of nitrogens with one attached hydrogen (secondary N) is 2. The van der Waals surface area contributed by atoms with Crippen LogP contribution < -0.4 is 10.6 Å². The summed E-state index contributed by atoms with van der Waals surface area (Å²) >= 11 is 6.25. The number of hydrogen-bond acceptors (Lipinski definition) is 4. The highest BCUT2D eigenvalue weighted by molar-refractivity contribution is 6.48. The molecule has 1 heterocycles. The van der Waals surface area contributed by atoms with Crippen molar-refractivity contribution in [1.82, 2.24) is 4.90 Å². The first kappa shape index (κ1) is 23.3. The van der Waals surface area contributed by atoms with Crippen molar-refractivity contribution in [3.05, 3.63) is 105 Å². The third kappa shape index (κ3) is 4.87. The average molecular weight is 474 g/mol. The van der Waals surface area contributed by atoms with Crippen LogP contribution in [0.2, 0.25) is 0 Å². The van der Waals surface area contributed by atoms with Crippen LogP contribution in [-0.2, 0) is 16.1 Å². The topological polar surface area (TPSA) is 78.5 Å². The van der Waals surface area contributed by atoms with Gasteiger partial charge in [0.25, 0.3) is 17.7 Å². The molecule has 0 aliphatic carbocycles. The summed E-state index contributed by atoms with van der Waals surface area (Å²) < 4.78 is 0. The molecule has 3 amide bonds. The molecule has 0 unspecified atom stereocenters. The molecule has 3 aromatic rings. The number of rotatable bonds is 6. The second-order valence-electron chi connectivity index (χ2n) is 8.36. The molecule has 2 N–H and O–H groups in total. The lowest BCUT2D eigenvalue weighted by atomic mass is 10.1.